The van der Waals surface area contributed by atoms with Crippen LogP contribution in [0.3, 0.4) is 0 Å². The molecule has 0 fully saturated rings. The first-order valence-electron chi connectivity index (χ1n) is 8.33. The van der Waals surface area contributed by atoms with E-state index in [-0.39, 0.29) is 23.0 Å². The lowest BCUT2D eigenvalue weighted by Gasteiger charge is -2.22. The van der Waals surface area contributed by atoms with Crippen LogP contribution < -0.4 is 10.1 Å². The third-order valence-corrected chi connectivity index (χ3v) is 4.47. The lowest BCUT2D eigenvalue weighted by Crippen LogP contribution is -2.24. The smallest absolute Gasteiger partial charge is 0.257 e. The van der Waals surface area contributed by atoms with Crippen molar-refractivity contribution >= 4 is 11.6 Å². The summed E-state index contributed by atoms with van der Waals surface area (Å²) in [5.41, 5.74) is 0.577. The summed E-state index contributed by atoms with van der Waals surface area (Å²) in [4.78, 5) is 8.36. The van der Waals surface area contributed by atoms with Crippen molar-refractivity contribution < 1.29 is 13.5 Å². The van der Waals surface area contributed by atoms with E-state index >= 15 is 0 Å². The second-order valence-corrected chi connectivity index (χ2v) is 6.57. The van der Waals surface area contributed by atoms with Crippen LogP contribution in [-0.4, -0.2) is 32.7 Å². The normalized spacial score (nSPS) is 12.6. The molecule has 26 heavy (non-hydrogen) atoms. The molecule has 1 N–H and O–H groups in total. The maximum Gasteiger partial charge on any atom is 0.257 e. The fourth-order valence-corrected chi connectivity index (χ4v) is 2.57. The van der Waals surface area contributed by atoms with Crippen LogP contribution in [0, 0.1) is 24.5 Å². The zero-order valence-electron chi connectivity index (χ0n) is 15.3. The lowest BCUT2D eigenvalue weighted by atomic mass is 10.0. The van der Waals surface area contributed by atoms with E-state index in [1.165, 1.54) is 24.9 Å². The van der Waals surface area contributed by atoms with Crippen molar-refractivity contribution in [2.24, 2.45) is 5.92 Å². The molecular weight excluding hydrogens is 340 g/mol. The Morgan fingerprint density at radius 2 is 1.88 bits per heavy atom. The Bertz CT molecular complexity index is 954. The predicted octanol–water partition coefficient (Wildman–Crippen LogP) is 3.84. The first-order valence-corrected chi connectivity index (χ1v) is 8.33. The molecule has 1 unspecified atom stereocenters. The number of aryl methyl sites for hydroxylation is 1. The summed E-state index contributed by atoms with van der Waals surface area (Å²) in [5, 5.41) is 7.50. The van der Waals surface area contributed by atoms with Gasteiger partial charge in [0, 0.05) is 11.6 Å². The number of aromatic nitrogens is 4. The summed E-state index contributed by atoms with van der Waals surface area (Å²) >= 11 is 0. The molecule has 2 aromatic heterocycles. The van der Waals surface area contributed by atoms with Crippen molar-refractivity contribution in [3.05, 3.63) is 35.7 Å². The highest BCUT2D eigenvalue weighted by molar-refractivity contribution is 5.82. The summed E-state index contributed by atoms with van der Waals surface area (Å²) in [6, 6.07) is 2.34. The summed E-state index contributed by atoms with van der Waals surface area (Å²) < 4.78 is 35.7. The van der Waals surface area contributed by atoms with Crippen molar-refractivity contribution in [3.63, 3.8) is 0 Å². The van der Waals surface area contributed by atoms with E-state index < -0.39 is 11.6 Å². The summed E-state index contributed by atoms with van der Waals surface area (Å²) in [6.07, 6.45) is 1.35. The first-order chi connectivity index (χ1) is 12.3. The van der Waals surface area contributed by atoms with Crippen LogP contribution in [0.2, 0.25) is 0 Å². The molecule has 3 rings (SSSR count). The maximum absolute atomic E-state index is 14.7. The summed E-state index contributed by atoms with van der Waals surface area (Å²) in [6.45, 7) is 7.62. The van der Waals surface area contributed by atoms with Crippen LogP contribution >= 0.6 is 0 Å². The van der Waals surface area contributed by atoms with E-state index in [1.54, 1.807) is 0 Å². The Morgan fingerprint density at radius 1 is 1.15 bits per heavy atom. The first kappa shape index (κ1) is 18.0. The zero-order chi connectivity index (χ0) is 19.0. The van der Waals surface area contributed by atoms with E-state index in [9.17, 15) is 8.78 Å². The number of benzene rings is 1. The molecule has 0 spiro atoms. The van der Waals surface area contributed by atoms with Gasteiger partial charge in [0.2, 0.25) is 5.88 Å². The van der Waals surface area contributed by atoms with Gasteiger partial charge in [0.05, 0.1) is 12.7 Å². The van der Waals surface area contributed by atoms with Crippen molar-refractivity contribution in [2.75, 3.05) is 12.4 Å². The number of anilines is 1. The van der Waals surface area contributed by atoms with Gasteiger partial charge in [0.1, 0.15) is 23.8 Å². The minimum absolute atomic E-state index is 0.0339. The number of nitrogens with zero attached hydrogens (tertiary/aromatic N) is 4. The monoisotopic (exact) mass is 361 g/mol. The Kier molecular flexibility index (Phi) is 4.76. The molecule has 0 saturated carbocycles. The van der Waals surface area contributed by atoms with Gasteiger partial charge in [-0.2, -0.15) is 19.6 Å². The number of ether oxygens (including phenoxy) is 1. The minimum Gasteiger partial charge on any atom is -0.480 e. The van der Waals surface area contributed by atoms with E-state index in [0.29, 0.717) is 23.1 Å². The molecular formula is C18H21F2N5O. The van der Waals surface area contributed by atoms with Crippen molar-refractivity contribution in [1.82, 2.24) is 19.6 Å². The number of hydrogen-bond donors (Lipinski definition) is 1. The second kappa shape index (κ2) is 6.86. The Labute approximate surface area is 150 Å². The average molecular weight is 361 g/mol. The standard InChI is InChI=1S/C18H21F2N5O/c1-9(2)11(4)23-16-15(12-7-13(19)10(3)6-14(12)20)17(26-5)24-18-21-8-22-25(16)18/h6-9,11,23H,1-5H3. The number of fused-ring (bicyclic) bond motifs is 1. The van der Waals surface area contributed by atoms with Crippen LogP contribution in [-0.2, 0) is 0 Å². The molecule has 6 nitrogen and oxygen atoms in total. The van der Waals surface area contributed by atoms with E-state index in [4.69, 9.17) is 4.74 Å². The summed E-state index contributed by atoms with van der Waals surface area (Å²) in [5.74, 6) is 0.116. The Hall–Kier alpha value is -2.77. The van der Waals surface area contributed by atoms with Crippen LogP contribution in [0.1, 0.15) is 26.3 Å². The average Bonchev–Trinajstić information content (AvgIpc) is 3.06. The van der Waals surface area contributed by atoms with E-state index in [2.05, 4.69) is 34.2 Å². The van der Waals surface area contributed by atoms with Gasteiger partial charge in [-0.25, -0.2) is 8.78 Å². The van der Waals surface area contributed by atoms with Crippen LogP contribution in [0.15, 0.2) is 18.5 Å². The van der Waals surface area contributed by atoms with E-state index in [1.807, 2.05) is 6.92 Å². The number of rotatable bonds is 5. The molecule has 1 aromatic carbocycles. The predicted molar refractivity (Wildman–Crippen MR) is 95.3 cm³/mol. The van der Waals surface area contributed by atoms with Crippen molar-refractivity contribution in [1.29, 1.82) is 0 Å². The fourth-order valence-electron chi connectivity index (χ4n) is 2.57. The number of halogens is 2. The van der Waals surface area contributed by atoms with Gasteiger partial charge in [0.15, 0.2) is 0 Å². The number of hydrogen-bond acceptors (Lipinski definition) is 5. The Balaban J connectivity index is 2.34. The molecule has 3 aromatic rings. The lowest BCUT2D eigenvalue weighted by molar-refractivity contribution is 0.399. The van der Waals surface area contributed by atoms with Gasteiger partial charge >= 0.3 is 0 Å². The third kappa shape index (κ3) is 3.07. The van der Waals surface area contributed by atoms with Gasteiger partial charge in [-0.1, -0.05) is 13.8 Å². The highest BCUT2D eigenvalue weighted by atomic mass is 19.1. The largest absolute Gasteiger partial charge is 0.480 e. The molecule has 1 atom stereocenters. The molecule has 0 saturated heterocycles. The van der Waals surface area contributed by atoms with Gasteiger partial charge < -0.3 is 10.1 Å². The second-order valence-electron chi connectivity index (χ2n) is 6.57. The van der Waals surface area contributed by atoms with Gasteiger partial charge in [0.25, 0.3) is 5.78 Å². The van der Waals surface area contributed by atoms with E-state index in [0.717, 1.165) is 12.1 Å². The molecule has 0 bridgehead atoms. The molecule has 138 valence electrons. The molecule has 0 aliphatic rings. The number of methoxy groups -OCH3 is 1. The molecule has 0 radical (unpaired) electrons. The van der Waals surface area contributed by atoms with Crippen LogP contribution in [0.4, 0.5) is 14.6 Å². The Morgan fingerprint density at radius 3 is 2.54 bits per heavy atom. The molecule has 0 aliphatic heterocycles. The molecule has 0 amide bonds. The maximum atomic E-state index is 14.7. The van der Waals surface area contributed by atoms with Crippen molar-refractivity contribution in [2.45, 2.75) is 33.7 Å². The topological polar surface area (TPSA) is 64.3 Å². The molecule has 8 heteroatoms. The van der Waals surface area contributed by atoms with Gasteiger partial charge in [-0.3, -0.25) is 0 Å². The quantitative estimate of drug-likeness (QED) is 0.748. The summed E-state index contributed by atoms with van der Waals surface area (Å²) in [7, 11) is 1.43. The van der Waals surface area contributed by atoms with Crippen molar-refractivity contribution in [3.8, 4) is 17.0 Å². The minimum atomic E-state index is -0.566. The SMILES string of the molecule is COc1nc2ncnn2c(NC(C)C(C)C)c1-c1cc(F)c(C)cc1F. The van der Waals surface area contributed by atoms with Crippen LogP contribution in [0.25, 0.3) is 16.9 Å². The van der Waals surface area contributed by atoms with Gasteiger partial charge in [-0.05, 0) is 37.5 Å². The molecule has 2 heterocycles. The third-order valence-electron chi connectivity index (χ3n) is 4.47. The fraction of sp³-hybridized carbons (Fsp3) is 0.389. The van der Waals surface area contributed by atoms with Crippen LogP contribution in [0.5, 0.6) is 5.88 Å². The molecule has 0 aliphatic carbocycles. The number of nitrogens with one attached hydrogen (secondary N) is 1. The van der Waals surface area contributed by atoms with Gasteiger partial charge in [-0.15, -0.1) is 0 Å². The zero-order valence-corrected chi connectivity index (χ0v) is 15.3. The highest BCUT2D eigenvalue weighted by Crippen LogP contribution is 2.38. The highest BCUT2D eigenvalue weighted by Gasteiger charge is 2.24.